The van der Waals surface area contributed by atoms with E-state index in [2.05, 4.69) is 18.0 Å². The molecule has 3 rings (SSSR count). The van der Waals surface area contributed by atoms with Crippen molar-refractivity contribution in [3.8, 4) is 17.0 Å². The van der Waals surface area contributed by atoms with Crippen LogP contribution in [0.5, 0.6) is 5.88 Å². The summed E-state index contributed by atoms with van der Waals surface area (Å²) >= 11 is 0. The van der Waals surface area contributed by atoms with Crippen molar-refractivity contribution >= 4 is 16.5 Å². The third-order valence-electron chi connectivity index (χ3n) is 3.75. The molecular weight excluding hydrogens is 272 g/mol. The number of hydrogen-bond acceptors (Lipinski definition) is 3. The molecule has 0 unspecified atom stereocenters. The van der Waals surface area contributed by atoms with Gasteiger partial charge < -0.3 is 10.5 Å². The maximum atomic E-state index is 6.06. The Balaban J connectivity index is 1.93. The Bertz CT molecular complexity index is 766. The second-order valence-corrected chi connectivity index (χ2v) is 5.34. The molecule has 0 radical (unpaired) electrons. The summed E-state index contributed by atoms with van der Waals surface area (Å²) in [7, 11) is 0. The van der Waals surface area contributed by atoms with Gasteiger partial charge >= 0.3 is 0 Å². The van der Waals surface area contributed by atoms with Crippen molar-refractivity contribution in [1.82, 2.24) is 4.98 Å². The molecule has 22 heavy (non-hydrogen) atoms. The van der Waals surface area contributed by atoms with Crippen LogP contribution in [0.2, 0.25) is 0 Å². The van der Waals surface area contributed by atoms with Gasteiger partial charge in [-0.05, 0) is 29.5 Å². The van der Waals surface area contributed by atoms with Crippen molar-refractivity contribution in [2.75, 3.05) is 12.3 Å². The van der Waals surface area contributed by atoms with E-state index in [1.54, 1.807) is 0 Å². The smallest absolute Gasteiger partial charge is 0.213 e. The van der Waals surface area contributed by atoms with E-state index >= 15 is 0 Å². The third-order valence-corrected chi connectivity index (χ3v) is 3.75. The molecule has 112 valence electrons. The first-order valence-corrected chi connectivity index (χ1v) is 7.66. The Morgan fingerprint density at radius 1 is 1.00 bits per heavy atom. The molecule has 2 N–H and O–H groups in total. The minimum absolute atomic E-state index is 0.678. The summed E-state index contributed by atoms with van der Waals surface area (Å²) in [6, 6.07) is 16.1. The van der Waals surface area contributed by atoms with Gasteiger partial charge in [-0.2, -0.15) is 0 Å². The molecule has 0 saturated heterocycles. The number of fused-ring (bicyclic) bond motifs is 1. The first-order chi connectivity index (χ1) is 10.8. The Morgan fingerprint density at radius 2 is 1.82 bits per heavy atom. The van der Waals surface area contributed by atoms with Gasteiger partial charge in [0.2, 0.25) is 5.88 Å². The molecule has 3 aromatic rings. The minimum atomic E-state index is 0.678. The second-order valence-electron chi connectivity index (χ2n) is 5.34. The molecule has 0 bridgehead atoms. The van der Waals surface area contributed by atoms with Crippen LogP contribution in [0.25, 0.3) is 21.9 Å². The number of ether oxygens (including phenoxy) is 1. The molecule has 0 spiro atoms. The lowest BCUT2D eigenvalue weighted by atomic mass is 9.98. The SMILES string of the molecule is CCCCOc1ccc(-c2ccc(N)c3ccccc23)cn1. The Hall–Kier alpha value is -2.55. The topological polar surface area (TPSA) is 48.1 Å². The summed E-state index contributed by atoms with van der Waals surface area (Å²) in [6.07, 6.45) is 4.03. The van der Waals surface area contributed by atoms with Gasteiger partial charge in [-0.25, -0.2) is 4.98 Å². The number of hydrogen-bond donors (Lipinski definition) is 1. The molecule has 0 aliphatic rings. The van der Waals surface area contributed by atoms with Gasteiger partial charge in [0.1, 0.15) is 0 Å². The van der Waals surface area contributed by atoms with Crippen molar-refractivity contribution in [3.63, 3.8) is 0 Å². The van der Waals surface area contributed by atoms with Gasteiger partial charge in [-0.3, -0.25) is 0 Å². The molecule has 0 aliphatic heterocycles. The number of anilines is 1. The van der Waals surface area contributed by atoms with E-state index in [0.29, 0.717) is 12.5 Å². The van der Waals surface area contributed by atoms with E-state index in [0.717, 1.165) is 40.4 Å². The minimum Gasteiger partial charge on any atom is -0.478 e. The Labute approximate surface area is 130 Å². The molecule has 0 atom stereocenters. The molecule has 1 aromatic heterocycles. The first-order valence-electron chi connectivity index (χ1n) is 7.66. The fourth-order valence-electron chi connectivity index (χ4n) is 2.52. The highest BCUT2D eigenvalue weighted by molar-refractivity contribution is 6.02. The zero-order valence-corrected chi connectivity index (χ0v) is 12.8. The molecule has 3 nitrogen and oxygen atoms in total. The number of nitrogens with two attached hydrogens (primary N) is 1. The van der Waals surface area contributed by atoms with Crippen molar-refractivity contribution in [2.24, 2.45) is 0 Å². The number of nitrogens with zero attached hydrogens (tertiary/aromatic N) is 1. The summed E-state index contributed by atoms with van der Waals surface area (Å²) in [5.74, 6) is 0.678. The fourth-order valence-corrected chi connectivity index (χ4v) is 2.52. The quantitative estimate of drug-likeness (QED) is 0.549. The van der Waals surface area contributed by atoms with E-state index in [1.165, 1.54) is 0 Å². The number of pyridine rings is 1. The van der Waals surface area contributed by atoms with Gasteiger partial charge in [-0.1, -0.05) is 43.7 Å². The van der Waals surface area contributed by atoms with E-state index in [9.17, 15) is 0 Å². The monoisotopic (exact) mass is 292 g/mol. The van der Waals surface area contributed by atoms with Gasteiger partial charge in [0.05, 0.1) is 6.61 Å². The maximum absolute atomic E-state index is 6.06. The van der Waals surface area contributed by atoms with Crippen molar-refractivity contribution in [2.45, 2.75) is 19.8 Å². The van der Waals surface area contributed by atoms with Crippen molar-refractivity contribution < 1.29 is 4.74 Å². The lowest BCUT2D eigenvalue weighted by Gasteiger charge is -2.10. The van der Waals surface area contributed by atoms with E-state index < -0.39 is 0 Å². The number of unbranched alkanes of at least 4 members (excludes halogenated alkanes) is 1. The fraction of sp³-hybridized carbons (Fsp3) is 0.211. The van der Waals surface area contributed by atoms with Gasteiger partial charge in [0, 0.05) is 28.9 Å². The van der Waals surface area contributed by atoms with Crippen LogP contribution in [-0.4, -0.2) is 11.6 Å². The Kier molecular flexibility index (Phi) is 4.24. The van der Waals surface area contributed by atoms with Crippen LogP contribution in [0.3, 0.4) is 0 Å². The lowest BCUT2D eigenvalue weighted by molar-refractivity contribution is 0.298. The molecule has 0 amide bonds. The molecule has 1 heterocycles. The van der Waals surface area contributed by atoms with Gasteiger partial charge in [0.25, 0.3) is 0 Å². The summed E-state index contributed by atoms with van der Waals surface area (Å²) < 4.78 is 5.61. The van der Waals surface area contributed by atoms with Crippen LogP contribution in [0, 0.1) is 0 Å². The molecule has 3 heteroatoms. The summed E-state index contributed by atoms with van der Waals surface area (Å²) in [5.41, 5.74) is 9.06. The Morgan fingerprint density at radius 3 is 2.55 bits per heavy atom. The standard InChI is InChI=1S/C19H20N2O/c1-2-3-12-22-19-11-8-14(13-21-19)15-9-10-18(20)17-7-5-4-6-16(15)17/h4-11,13H,2-3,12,20H2,1H3. The number of benzene rings is 2. The van der Waals surface area contributed by atoms with Crippen LogP contribution in [0.1, 0.15) is 19.8 Å². The average molecular weight is 292 g/mol. The molecule has 0 aliphatic carbocycles. The maximum Gasteiger partial charge on any atom is 0.213 e. The normalized spacial score (nSPS) is 10.8. The molecular formula is C19H20N2O. The zero-order valence-electron chi connectivity index (χ0n) is 12.8. The summed E-state index contributed by atoms with van der Waals surface area (Å²) in [4.78, 5) is 4.40. The van der Waals surface area contributed by atoms with Crippen molar-refractivity contribution in [3.05, 3.63) is 54.7 Å². The predicted octanol–water partition coefficient (Wildman–Crippen LogP) is 4.66. The van der Waals surface area contributed by atoms with Crippen LogP contribution >= 0.6 is 0 Å². The second kappa shape index (κ2) is 6.48. The van der Waals surface area contributed by atoms with E-state index in [4.69, 9.17) is 10.5 Å². The molecule has 0 saturated carbocycles. The van der Waals surface area contributed by atoms with Gasteiger partial charge in [0.15, 0.2) is 0 Å². The van der Waals surface area contributed by atoms with Crippen LogP contribution in [0.4, 0.5) is 5.69 Å². The highest BCUT2D eigenvalue weighted by Crippen LogP contribution is 2.32. The van der Waals surface area contributed by atoms with Crippen LogP contribution < -0.4 is 10.5 Å². The van der Waals surface area contributed by atoms with Crippen LogP contribution in [-0.2, 0) is 0 Å². The highest BCUT2D eigenvalue weighted by atomic mass is 16.5. The molecule has 2 aromatic carbocycles. The first kappa shape index (κ1) is 14.4. The lowest BCUT2D eigenvalue weighted by Crippen LogP contribution is -1.98. The van der Waals surface area contributed by atoms with E-state index in [-0.39, 0.29) is 0 Å². The number of nitrogen functional groups attached to an aromatic ring is 1. The van der Waals surface area contributed by atoms with Gasteiger partial charge in [-0.15, -0.1) is 0 Å². The average Bonchev–Trinajstić information content (AvgIpc) is 2.57. The van der Waals surface area contributed by atoms with Crippen LogP contribution in [0.15, 0.2) is 54.7 Å². The summed E-state index contributed by atoms with van der Waals surface area (Å²) in [6.45, 7) is 2.86. The number of rotatable bonds is 5. The molecule has 0 fully saturated rings. The predicted molar refractivity (Wildman–Crippen MR) is 92.0 cm³/mol. The third kappa shape index (κ3) is 2.89. The van der Waals surface area contributed by atoms with Crippen molar-refractivity contribution in [1.29, 1.82) is 0 Å². The van der Waals surface area contributed by atoms with E-state index in [1.807, 2.05) is 48.7 Å². The zero-order chi connectivity index (χ0) is 15.4. The number of aromatic nitrogens is 1. The highest BCUT2D eigenvalue weighted by Gasteiger charge is 2.06. The largest absolute Gasteiger partial charge is 0.478 e. The summed E-state index contributed by atoms with van der Waals surface area (Å²) in [5, 5.41) is 2.22.